The van der Waals surface area contributed by atoms with Gasteiger partial charge in [0.15, 0.2) is 0 Å². The van der Waals surface area contributed by atoms with Gasteiger partial charge >= 0.3 is 0 Å². The van der Waals surface area contributed by atoms with Crippen LogP contribution in [0.4, 0.5) is 0 Å². The molecule has 0 radical (unpaired) electrons. The minimum atomic E-state index is 0.182. The van der Waals surface area contributed by atoms with Gasteiger partial charge < -0.3 is 5.21 Å². The summed E-state index contributed by atoms with van der Waals surface area (Å²) in [7, 11) is 0. The first-order chi connectivity index (χ1) is 7.57. The molecule has 0 aromatic rings. The van der Waals surface area contributed by atoms with Crippen LogP contribution in [-0.2, 0) is 0 Å². The van der Waals surface area contributed by atoms with Crippen molar-refractivity contribution in [3.63, 3.8) is 0 Å². The Balaban J connectivity index is 2.51. The Morgan fingerprint density at radius 1 is 1.25 bits per heavy atom. The second-order valence-corrected chi connectivity index (χ2v) is 5.45. The third kappa shape index (κ3) is 1.68. The number of allylic oxidation sites excluding steroid dienone is 3. The highest BCUT2D eigenvalue weighted by atomic mass is 35.5. The molecule has 0 saturated carbocycles. The summed E-state index contributed by atoms with van der Waals surface area (Å²) < 4.78 is 0.367. The number of oxime groups is 1. The summed E-state index contributed by atoms with van der Waals surface area (Å²) in [5.74, 6) is 0.466. The van der Waals surface area contributed by atoms with Crippen LogP contribution in [0.2, 0.25) is 0 Å². The maximum absolute atomic E-state index is 9.04. The second-order valence-electron chi connectivity index (χ2n) is 4.50. The molecule has 2 nitrogen and oxygen atoms in total. The van der Waals surface area contributed by atoms with Crippen molar-refractivity contribution < 1.29 is 5.21 Å². The largest absolute Gasteiger partial charge is 0.411 e. The summed E-state index contributed by atoms with van der Waals surface area (Å²) in [6.45, 7) is 4.20. The molecule has 0 heterocycles. The van der Waals surface area contributed by atoms with Gasteiger partial charge in [0.25, 0.3) is 0 Å². The van der Waals surface area contributed by atoms with E-state index in [0.29, 0.717) is 4.49 Å². The van der Waals surface area contributed by atoms with Gasteiger partial charge in [-0.05, 0) is 30.4 Å². The normalized spacial score (nSPS) is 32.2. The van der Waals surface area contributed by atoms with E-state index in [4.69, 9.17) is 28.4 Å². The Hall–Kier alpha value is -0.470. The van der Waals surface area contributed by atoms with Gasteiger partial charge in [-0.3, -0.25) is 0 Å². The zero-order valence-corrected chi connectivity index (χ0v) is 10.9. The summed E-state index contributed by atoms with van der Waals surface area (Å²) >= 11 is 11.9. The maximum atomic E-state index is 9.04. The van der Waals surface area contributed by atoms with Gasteiger partial charge in [0, 0.05) is 11.8 Å². The third-order valence-corrected chi connectivity index (χ3v) is 4.18. The van der Waals surface area contributed by atoms with Crippen molar-refractivity contribution in [2.45, 2.75) is 33.1 Å². The summed E-state index contributed by atoms with van der Waals surface area (Å²) in [5.41, 5.74) is 4.39. The maximum Gasteiger partial charge on any atom is 0.107 e. The molecule has 4 heteroatoms. The highest BCUT2D eigenvalue weighted by Crippen LogP contribution is 2.48. The second kappa shape index (κ2) is 4.42. The molecule has 1 N–H and O–H groups in total. The van der Waals surface area contributed by atoms with Crippen LogP contribution in [0.3, 0.4) is 0 Å². The molecule has 0 unspecified atom stereocenters. The molecule has 2 aliphatic carbocycles. The van der Waals surface area contributed by atoms with Crippen molar-refractivity contribution in [2.24, 2.45) is 17.0 Å². The third-order valence-electron chi connectivity index (χ3n) is 3.74. The first kappa shape index (κ1) is 12.0. The number of halogens is 2. The summed E-state index contributed by atoms with van der Waals surface area (Å²) in [6.07, 6.45) is 2.95. The van der Waals surface area contributed by atoms with E-state index in [1.165, 1.54) is 5.57 Å². The lowest BCUT2D eigenvalue weighted by Gasteiger charge is -2.18. The topological polar surface area (TPSA) is 32.6 Å². The van der Waals surface area contributed by atoms with Crippen LogP contribution in [0.25, 0.3) is 0 Å². The van der Waals surface area contributed by atoms with Crippen LogP contribution in [-0.4, -0.2) is 10.9 Å². The Morgan fingerprint density at radius 3 is 2.50 bits per heavy atom. The summed E-state index contributed by atoms with van der Waals surface area (Å²) in [5, 5.41) is 12.5. The standard InChI is InChI=1S/C12H15Cl2NO/c1-6-8-4-3-5-9(15-16)11(8)7(2)10(6)12(13)14/h6-7,16H,3-5H2,1-2H3/b15-9+/t6-,7-/m0/s1. The van der Waals surface area contributed by atoms with E-state index < -0.39 is 0 Å². The number of hydrogen-bond acceptors (Lipinski definition) is 2. The quantitative estimate of drug-likeness (QED) is 0.512. The summed E-state index contributed by atoms with van der Waals surface area (Å²) in [6, 6.07) is 0. The Bertz CT molecular complexity index is 405. The lowest BCUT2D eigenvalue weighted by molar-refractivity contribution is 0.317. The van der Waals surface area contributed by atoms with Gasteiger partial charge in [-0.2, -0.15) is 0 Å². The first-order valence-corrected chi connectivity index (χ1v) is 6.32. The van der Waals surface area contributed by atoms with Crippen molar-refractivity contribution in [1.29, 1.82) is 0 Å². The smallest absolute Gasteiger partial charge is 0.107 e. The van der Waals surface area contributed by atoms with Crippen molar-refractivity contribution in [3.8, 4) is 0 Å². The van der Waals surface area contributed by atoms with Crippen molar-refractivity contribution in [1.82, 2.24) is 0 Å². The van der Waals surface area contributed by atoms with E-state index in [2.05, 4.69) is 19.0 Å². The molecule has 0 aromatic heterocycles. The molecule has 2 aliphatic rings. The summed E-state index contributed by atoms with van der Waals surface area (Å²) in [4.78, 5) is 0. The van der Waals surface area contributed by atoms with Gasteiger partial charge in [-0.15, -0.1) is 0 Å². The predicted octanol–water partition coefficient (Wildman–Crippen LogP) is 4.27. The van der Waals surface area contributed by atoms with Gasteiger partial charge in [-0.1, -0.05) is 47.8 Å². The lowest BCUT2D eigenvalue weighted by Crippen LogP contribution is -2.13. The molecular weight excluding hydrogens is 245 g/mol. The zero-order chi connectivity index (χ0) is 11.9. The van der Waals surface area contributed by atoms with Crippen molar-refractivity contribution >= 4 is 28.9 Å². The predicted molar refractivity (Wildman–Crippen MR) is 67.2 cm³/mol. The van der Waals surface area contributed by atoms with Crippen LogP contribution in [0.15, 0.2) is 26.4 Å². The van der Waals surface area contributed by atoms with E-state index in [0.717, 1.165) is 36.1 Å². The Morgan fingerprint density at radius 2 is 1.94 bits per heavy atom. The molecule has 0 aromatic carbocycles. The molecule has 88 valence electrons. The molecule has 2 atom stereocenters. The van der Waals surface area contributed by atoms with Gasteiger partial charge in [-0.25, -0.2) is 0 Å². The fraction of sp³-hybridized carbons (Fsp3) is 0.583. The van der Waals surface area contributed by atoms with Gasteiger partial charge in [0.1, 0.15) is 4.49 Å². The molecule has 0 saturated heterocycles. The fourth-order valence-corrected chi connectivity index (χ4v) is 3.68. The molecule has 0 bridgehead atoms. The van der Waals surface area contributed by atoms with E-state index in [9.17, 15) is 0 Å². The molecular formula is C12H15Cl2NO. The Labute approximate surface area is 106 Å². The van der Waals surface area contributed by atoms with Crippen molar-refractivity contribution in [2.75, 3.05) is 0 Å². The Kier molecular flexibility index (Phi) is 3.32. The monoisotopic (exact) mass is 259 g/mol. The first-order valence-electron chi connectivity index (χ1n) is 5.57. The van der Waals surface area contributed by atoms with E-state index in [1.807, 2.05) is 0 Å². The van der Waals surface area contributed by atoms with Crippen molar-refractivity contribution in [3.05, 3.63) is 21.2 Å². The van der Waals surface area contributed by atoms with Gasteiger partial charge in [0.05, 0.1) is 5.71 Å². The number of rotatable bonds is 0. The van der Waals surface area contributed by atoms with E-state index >= 15 is 0 Å². The highest BCUT2D eigenvalue weighted by molar-refractivity contribution is 6.56. The van der Waals surface area contributed by atoms with Crippen LogP contribution >= 0.6 is 23.2 Å². The van der Waals surface area contributed by atoms with E-state index in [-0.39, 0.29) is 11.8 Å². The van der Waals surface area contributed by atoms with Crippen LogP contribution < -0.4 is 0 Å². The molecule has 0 aliphatic heterocycles. The van der Waals surface area contributed by atoms with Gasteiger partial charge in [0.2, 0.25) is 0 Å². The van der Waals surface area contributed by atoms with E-state index in [1.54, 1.807) is 0 Å². The minimum Gasteiger partial charge on any atom is -0.411 e. The molecule has 0 spiro atoms. The fourth-order valence-electron chi connectivity index (χ4n) is 3.03. The molecule has 2 rings (SSSR count). The average molecular weight is 260 g/mol. The molecule has 16 heavy (non-hydrogen) atoms. The number of nitrogens with zero attached hydrogens (tertiary/aromatic N) is 1. The molecule has 0 amide bonds. The zero-order valence-electron chi connectivity index (χ0n) is 9.43. The average Bonchev–Trinajstić information content (AvgIpc) is 2.51. The molecule has 0 fully saturated rings. The van der Waals surface area contributed by atoms with Crippen LogP contribution in [0.1, 0.15) is 33.1 Å². The van der Waals surface area contributed by atoms with Crippen LogP contribution in [0.5, 0.6) is 0 Å². The minimum absolute atomic E-state index is 0.182. The lowest BCUT2D eigenvalue weighted by atomic mass is 9.87. The highest BCUT2D eigenvalue weighted by Gasteiger charge is 2.38. The number of hydrogen-bond donors (Lipinski definition) is 1. The SMILES string of the molecule is C[C@@H]1C2=C(CCC/C2=N\O)[C@H](C)C1=C(Cl)Cl. The van der Waals surface area contributed by atoms with Crippen LogP contribution in [0, 0.1) is 11.8 Å².